The maximum Gasteiger partial charge on any atom is 0.145 e. The fraction of sp³-hybridized carbons (Fsp3) is 0.353. The Hall–Kier alpha value is -1.87. The molecule has 0 unspecified atom stereocenters. The summed E-state index contributed by atoms with van der Waals surface area (Å²) in [6, 6.07) is 11.9. The predicted octanol–water partition coefficient (Wildman–Crippen LogP) is 4.41. The molecule has 1 atom stereocenters. The quantitative estimate of drug-likeness (QED) is 0.875. The van der Waals surface area contributed by atoms with Crippen LogP contribution in [0.4, 0.5) is 0 Å². The minimum absolute atomic E-state index is 0.00741. The predicted molar refractivity (Wildman–Crippen MR) is 82.1 cm³/mol. The second kappa shape index (κ2) is 6.53. The van der Waals surface area contributed by atoms with E-state index in [1.807, 2.05) is 30.3 Å². The van der Waals surface area contributed by atoms with Crippen molar-refractivity contribution in [2.45, 2.75) is 39.2 Å². The van der Waals surface area contributed by atoms with Gasteiger partial charge in [0.25, 0.3) is 0 Å². The molecule has 2 aromatic rings. The van der Waals surface area contributed by atoms with Gasteiger partial charge in [-0.05, 0) is 36.1 Å². The highest BCUT2D eigenvalue weighted by molar-refractivity contribution is 5.39. The number of aromatic nitrogens is 1. The first-order valence-corrected chi connectivity index (χ1v) is 7.10. The lowest BCUT2D eigenvalue weighted by Crippen LogP contribution is -2.10. The first kappa shape index (κ1) is 14.5. The molecule has 0 saturated carbocycles. The number of hydrogen-bond acceptors (Lipinski definition) is 3. The molecule has 3 nitrogen and oxygen atoms in total. The van der Waals surface area contributed by atoms with Gasteiger partial charge >= 0.3 is 0 Å². The van der Waals surface area contributed by atoms with Crippen molar-refractivity contribution in [2.24, 2.45) is 5.73 Å². The van der Waals surface area contributed by atoms with E-state index in [1.165, 1.54) is 5.56 Å². The number of rotatable bonds is 5. The molecule has 0 amide bonds. The smallest absolute Gasteiger partial charge is 0.145 e. The number of nitrogens with two attached hydrogens (primary N) is 1. The zero-order chi connectivity index (χ0) is 14.5. The molecule has 1 heterocycles. The van der Waals surface area contributed by atoms with Gasteiger partial charge in [0.05, 0.1) is 11.9 Å². The molecule has 0 aliphatic heterocycles. The Morgan fingerprint density at radius 3 is 2.50 bits per heavy atom. The summed E-state index contributed by atoms with van der Waals surface area (Å²) in [6.07, 6.45) is 2.62. The number of hydrogen-bond donors (Lipinski definition) is 1. The number of para-hydroxylation sites is 1. The zero-order valence-electron chi connectivity index (χ0n) is 12.3. The topological polar surface area (TPSA) is 48.1 Å². The van der Waals surface area contributed by atoms with Gasteiger partial charge in [-0.25, -0.2) is 0 Å². The summed E-state index contributed by atoms with van der Waals surface area (Å²) in [5.74, 6) is 2.05. The van der Waals surface area contributed by atoms with Crippen molar-refractivity contribution in [1.29, 1.82) is 0 Å². The van der Waals surface area contributed by atoms with E-state index in [4.69, 9.17) is 10.5 Å². The first-order chi connectivity index (χ1) is 9.61. The van der Waals surface area contributed by atoms with Crippen LogP contribution in [0.25, 0.3) is 0 Å². The van der Waals surface area contributed by atoms with Gasteiger partial charge in [0.15, 0.2) is 0 Å². The van der Waals surface area contributed by atoms with E-state index in [1.54, 1.807) is 6.20 Å². The fourth-order valence-corrected chi connectivity index (χ4v) is 2.06. The van der Waals surface area contributed by atoms with Crippen LogP contribution in [0.3, 0.4) is 0 Å². The van der Waals surface area contributed by atoms with Gasteiger partial charge < -0.3 is 10.5 Å². The highest BCUT2D eigenvalue weighted by atomic mass is 16.5. The molecule has 20 heavy (non-hydrogen) atoms. The Bertz CT molecular complexity index is 549. The van der Waals surface area contributed by atoms with Crippen LogP contribution in [0.15, 0.2) is 42.6 Å². The Labute approximate surface area is 120 Å². The van der Waals surface area contributed by atoms with Crippen molar-refractivity contribution in [1.82, 2.24) is 4.98 Å². The molecule has 0 aliphatic carbocycles. The number of benzene rings is 1. The third-order valence-corrected chi connectivity index (χ3v) is 3.35. The van der Waals surface area contributed by atoms with Crippen LogP contribution in [0, 0.1) is 0 Å². The molecule has 1 aromatic carbocycles. The summed E-state index contributed by atoms with van der Waals surface area (Å²) < 4.78 is 5.94. The highest BCUT2D eigenvalue weighted by Gasteiger charge is 2.09. The molecule has 0 spiro atoms. The van der Waals surface area contributed by atoms with Gasteiger partial charge in [-0.1, -0.05) is 39.0 Å². The molecule has 0 fully saturated rings. The summed E-state index contributed by atoms with van der Waals surface area (Å²) in [7, 11) is 0. The van der Waals surface area contributed by atoms with Gasteiger partial charge in [-0.2, -0.15) is 0 Å². The molecule has 0 bridgehead atoms. The van der Waals surface area contributed by atoms with Crippen LogP contribution >= 0.6 is 0 Å². The Kier molecular flexibility index (Phi) is 4.74. The largest absolute Gasteiger partial charge is 0.455 e. The molecular formula is C17H22N2O. The van der Waals surface area contributed by atoms with Gasteiger partial charge in [-0.15, -0.1) is 0 Å². The average molecular weight is 270 g/mol. The van der Waals surface area contributed by atoms with Gasteiger partial charge in [0.1, 0.15) is 11.5 Å². The van der Waals surface area contributed by atoms with E-state index in [-0.39, 0.29) is 6.04 Å². The zero-order valence-corrected chi connectivity index (χ0v) is 12.3. The molecule has 0 aliphatic rings. The fourth-order valence-electron chi connectivity index (χ4n) is 2.06. The summed E-state index contributed by atoms with van der Waals surface area (Å²) in [4.78, 5) is 4.37. The summed E-state index contributed by atoms with van der Waals surface area (Å²) >= 11 is 0. The minimum atomic E-state index is -0.00741. The third kappa shape index (κ3) is 3.36. The van der Waals surface area contributed by atoms with Crippen LogP contribution in [0.1, 0.15) is 50.4 Å². The van der Waals surface area contributed by atoms with E-state index >= 15 is 0 Å². The highest BCUT2D eigenvalue weighted by Crippen LogP contribution is 2.30. The Morgan fingerprint density at radius 1 is 1.15 bits per heavy atom. The minimum Gasteiger partial charge on any atom is -0.455 e. The lowest BCUT2D eigenvalue weighted by Gasteiger charge is -2.14. The van der Waals surface area contributed by atoms with Crippen molar-refractivity contribution in [3.05, 3.63) is 53.9 Å². The van der Waals surface area contributed by atoms with Gasteiger partial charge in [0, 0.05) is 6.04 Å². The van der Waals surface area contributed by atoms with E-state index in [2.05, 4.69) is 31.8 Å². The summed E-state index contributed by atoms with van der Waals surface area (Å²) in [6.45, 7) is 6.36. The molecule has 2 rings (SSSR count). The van der Waals surface area contributed by atoms with Crippen molar-refractivity contribution in [3.8, 4) is 11.5 Å². The normalized spacial score (nSPS) is 12.4. The summed E-state index contributed by atoms with van der Waals surface area (Å²) in [5, 5.41) is 0. The van der Waals surface area contributed by atoms with E-state index in [9.17, 15) is 0 Å². The van der Waals surface area contributed by atoms with Crippen molar-refractivity contribution < 1.29 is 4.74 Å². The number of pyridine rings is 1. The number of nitrogens with zero attached hydrogens (tertiary/aromatic N) is 1. The SMILES string of the molecule is CC[C@H](N)c1ccc(Oc2ccccc2C(C)C)cn1. The van der Waals surface area contributed by atoms with Crippen LogP contribution in [0.5, 0.6) is 11.5 Å². The van der Waals surface area contributed by atoms with Crippen molar-refractivity contribution >= 4 is 0 Å². The second-order valence-corrected chi connectivity index (χ2v) is 5.23. The lowest BCUT2D eigenvalue weighted by molar-refractivity contribution is 0.469. The number of ether oxygens (including phenoxy) is 1. The lowest BCUT2D eigenvalue weighted by atomic mass is 10.0. The van der Waals surface area contributed by atoms with E-state index in [0.717, 1.165) is 23.6 Å². The monoisotopic (exact) mass is 270 g/mol. The van der Waals surface area contributed by atoms with Crippen molar-refractivity contribution in [3.63, 3.8) is 0 Å². The second-order valence-electron chi connectivity index (χ2n) is 5.23. The van der Waals surface area contributed by atoms with Gasteiger partial charge in [0.2, 0.25) is 0 Å². The third-order valence-electron chi connectivity index (χ3n) is 3.35. The molecule has 2 N–H and O–H groups in total. The molecule has 1 aromatic heterocycles. The van der Waals surface area contributed by atoms with E-state index < -0.39 is 0 Å². The standard InChI is InChI=1S/C17H22N2O/c1-4-15(18)16-10-9-13(11-19-16)20-17-8-6-5-7-14(17)12(2)3/h5-12,15H,4,18H2,1-3H3/t15-/m0/s1. The Balaban J connectivity index is 2.18. The first-order valence-electron chi connectivity index (χ1n) is 7.10. The maximum atomic E-state index is 5.96. The average Bonchev–Trinajstić information content (AvgIpc) is 2.47. The van der Waals surface area contributed by atoms with E-state index in [0.29, 0.717) is 5.92 Å². The molecular weight excluding hydrogens is 248 g/mol. The maximum absolute atomic E-state index is 5.96. The van der Waals surface area contributed by atoms with Crippen LogP contribution in [-0.2, 0) is 0 Å². The molecule has 3 heteroatoms. The van der Waals surface area contributed by atoms with Crippen LogP contribution in [-0.4, -0.2) is 4.98 Å². The Morgan fingerprint density at radius 2 is 1.90 bits per heavy atom. The van der Waals surface area contributed by atoms with Crippen LogP contribution in [0.2, 0.25) is 0 Å². The molecule has 106 valence electrons. The van der Waals surface area contributed by atoms with Gasteiger partial charge in [-0.3, -0.25) is 4.98 Å². The van der Waals surface area contributed by atoms with Crippen molar-refractivity contribution in [2.75, 3.05) is 0 Å². The molecule has 0 radical (unpaired) electrons. The summed E-state index contributed by atoms with van der Waals surface area (Å²) in [5.41, 5.74) is 8.05. The van der Waals surface area contributed by atoms with Crippen LogP contribution < -0.4 is 10.5 Å². The molecule has 0 saturated heterocycles.